The number of carbonyl (C=O) groups excluding carboxylic acids is 1. The fourth-order valence-corrected chi connectivity index (χ4v) is 3.92. The molecule has 0 aromatic carbocycles. The van der Waals surface area contributed by atoms with E-state index in [1.165, 1.54) is 19.3 Å². The van der Waals surface area contributed by atoms with Crippen LogP contribution in [0, 0.1) is 11.3 Å². The molecule has 0 bridgehead atoms. The second kappa shape index (κ2) is 4.97. The SMILES string of the molecule is O=C(NCc1nccs1)[C@@]12CCCC[C@H]1CNC2. The van der Waals surface area contributed by atoms with E-state index in [0.29, 0.717) is 12.5 Å². The molecule has 4 nitrogen and oxygen atoms in total. The molecule has 1 aliphatic carbocycles. The normalized spacial score (nSPS) is 31.0. The van der Waals surface area contributed by atoms with E-state index >= 15 is 0 Å². The Morgan fingerprint density at radius 2 is 2.56 bits per heavy atom. The largest absolute Gasteiger partial charge is 0.349 e. The van der Waals surface area contributed by atoms with E-state index < -0.39 is 0 Å². The van der Waals surface area contributed by atoms with Crippen LogP contribution in [0.1, 0.15) is 30.7 Å². The Hall–Kier alpha value is -0.940. The molecule has 2 aliphatic rings. The van der Waals surface area contributed by atoms with Crippen molar-refractivity contribution in [3.63, 3.8) is 0 Å². The standard InChI is InChI=1S/C13H19N3OS/c17-12(16-8-11-15-5-6-18-11)13-4-2-1-3-10(13)7-14-9-13/h5-6,10,14H,1-4,7-9H2,(H,16,17)/t10-,13+/m0/s1. The monoisotopic (exact) mass is 265 g/mol. The van der Waals surface area contributed by atoms with E-state index in [-0.39, 0.29) is 11.3 Å². The fourth-order valence-electron chi connectivity index (χ4n) is 3.36. The zero-order valence-corrected chi connectivity index (χ0v) is 11.3. The second-order valence-electron chi connectivity index (χ2n) is 5.34. The van der Waals surface area contributed by atoms with Crippen LogP contribution in [0.15, 0.2) is 11.6 Å². The molecule has 2 fully saturated rings. The van der Waals surface area contributed by atoms with Gasteiger partial charge in [0.15, 0.2) is 0 Å². The summed E-state index contributed by atoms with van der Waals surface area (Å²) in [5.41, 5.74) is -0.143. The van der Waals surface area contributed by atoms with E-state index in [4.69, 9.17) is 0 Å². The summed E-state index contributed by atoms with van der Waals surface area (Å²) in [6, 6.07) is 0. The lowest BCUT2D eigenvalue weighted by Crippen LogP contribution is -2.47. The highest BCUT2D eigenvalue weighted by Gasteiger charge is 2.49. The minimum atomic E-state index is -0.143. The van der Waals surface area contributed by atoms with Gasteiger partial charge >= 0.3 is 0 Å². The Morgan fingerprint density at radius 3 is 3.39 bits per heavy atom. The minimum Gasteiger partial charge on any atom is -0.349 e. The predicted octanol–water partition coefficient (Wildman–Crippen LogP) is 1.54. The van der Waals surface area contributed by atoms with Crippen LogP contribution in [0.2, 0.25) is 0 Å². The molecule has 1 aromatic heterocycles. The van der Waals surface area contributed by atoms with Gasteiger partial charge < -0.3 is 10.6 Å². The third-order valence-electron chi connectivity index (χ3n) is 4.37. The van der Waals surface area contributed by atoms with Gasteiger partial charge in [0.2, 0.25) is 5.91 Å². The van der Waals surface area contributed by atoms with Crippen LogP contribution in [0.3, 0.4) is 0 Å². The molecule has 1 aliphatic heterocycles. The number of thiazole rings is 1. The van der Waals surface area contributed by atoms with Gasteiger partial charge in [-0.25, -0.2) is 4.98 Å². The summed E-state index contributed by atoms with van der Waals surface area (Å²) in [7, 11) is 0. The number of aromatic nitrogens is 1. The van der Waals surface area contributed by atoms with Gasteiger partial charge in [0.1, 0.15) is 5.01 Å². The molecule has 18 heavy (non-hydrogen) atoms. The molecule has 5 heteroatoms. The van der Waals surface area contributed by atoms with E-state index in [2.05, 4.69) is 15.6 Å². The maximum absolute atomic E-state index is 12.5. The highest BCUT2D eigenvalue weighted by atomic mass is 32.1. The number of hydrogen-bond donors (Lipinski definition) is 2. The average molecular weight is 265 g/mol. The smallest absolute Gasteiger partial charge is 0.228 e. The van der Waals surface area contributed by atoms with Gasteiger partial charge in [-0.15, -0.1) is 11.3 Å². The summed E-state index contributed by atoms with van der Waals surface area (Å²) < 4.78 is 0. The lowest BCUT2D eigenvalue weighted by atomic mass is 9.67. The maximum Gasteiger partial charge on any atom is 0.228 e. The average Bonchev–Trinajstić information content (AvgIpc) is 3.05. The maximum atomic E-state index is 12.5. The van der Waals surface area contributed by atoms with Gasteiger partial charge in [0.05, 0.1) is 12.0 Å². The summed E-state index contributed by atoms with van der Waals surface area (Å²) >= 11 is 1.59. The van der Waals surface area contributed by atoms with Crippen molar-refractivity contribution in [2.45, 2.75) is 32.2 Å². The van der Waals surface area contributed by atoms with E-state index in [0.717, 1.165) is 24.5 Å². The number of hydrogen-bond acceptors (Lipinski definition) is 4. The van der Waals surface area contributed by atoms with E-state index in [1.54, 1.807) is 17.5 Å². The van der Waals surface area contributed by atoms with Gasteiger partial charge in [-0.05, 0) is 25.3 Å². The molecule has 0 unspecified atom stereocenters. The number of amides is 1. The molecule has 2 atom stereocenters. The Balaban J connectivity index is 1.66. The summed E-state index contributed by atoms with van der Waals surface area (Å²) in [6.45, 7) is 2.43. The van der Waals surface area contributed by atoms with Crippen molar-refractivity contribution >= 4 is 17.2 Å². The molecule has 2 heterocycles. The Morgan fingerprint density at radius 1 is 1.61 bits per heavy atom. The highest BCUT2D eigenvalue weighted by Crippen LogP contribution is 2.43. The van der Waals surface area contributed by atoms with Crippen molar-refractivity contribution in [3.8, 4) is 0 Å². The van der Waals surface area contributed by atoms with Crippen molar-refractivity contribution < 1.29 is 4.79 Å². The third-order valence-corrected chi connectivity index (χ3v) is 5.15. The molecule has 2 N–H and O–H groups in total. The number of nitrogens with zero attached hydrogens (tertiary/aromatic N) is 1. The molecule has 1 saturated carbocycles. The second-order valence-corrected chi connectivity index (χ2v) is 6.32. The van der Waals surface area contributed by atoms with E-state index in [1.807, 2.05) is 5.38 Å². The van der Waals surface area contributed by atoms with Crippen molar-refractivity contribution in [2.75, 3.05) is 13.1 Å². The third kappa shape index (κ3) is 2.06. The van der Waals surface area contributed by atoms with Crippen molar-refractivity contribution in [2.24, 2.45) is 11.3 Å². The molecule has 1 amide bonds. The number of carbonyl (C=O) groups is 1. The van der Waals surface area contributed by atoms with Crippen LogP contribution in [-0.4, -0.2) is 24.0 Å². The zero-order valence-electron chi connectivity index (χ0n) is 10.4. The quantitative estimate of drug-likeness (QED) is 0.871. The topological polar surface area (TPSA) is 54.0 Å². The van der Waals surface area contributed by atoms with Crippen LogP contribution in [0.4, 0.5) is 0 Å². The van der Waals surface area contributed by atoms with Gasteiger partial charge in [0.25, 0.3) is 0 Å². The molecule has 0 radical (unpaired) electrons. The predicted molar refractivity (Wildman–Crippen MR) is 71.2 cm³/mol. The molecule has 3 rings (SSSR count). The fraction of sp³-hybridized carbons (Fsp3) is 0.692. The molecular weight excluding hydrogens is 246 g/mol. The van der Waals surface area contributed by atoms with Crippen LogP contribution in [0.25, 0.3) is 0 Å². The Kier molecular flexibility index (Phi) is 3.35. The van der Waals surface area contributed by atoms with Crippen LogP contribution >= 0.6 is 11.3 Å². The minimum absolute atomic E-state index is 0.143. The zero-order chi connectivity index (χ0) is 12.4. The van der Waals surface area contributed by atoms with Gasteiger partial charge in [0, 0.05) is 18.1 Å². The molecule has 0 spiro atoms. The number of fused-ring (bicyclic) bond motifs is 1. The van der Waals surface area contributed by atoms with Gasteiger partial charge in [-0.2, -0.15) is 0 Å². The van der Waals surface area contributed by atoms with Crippen molar-refractivity contribution in [1.82, 2.24) is 15.6 Å². The first kappa shape index (κ1) is 12.1. The first-order valence-electron chi connectivity index (χ1n) is 6.69. The Labute approximate surface area is 111 Å². The summed E-state index contributed by atoms with van der Waals surface area (Å²) in [5, 5.41) is 9.42. The van der Waals surface area contributed by atoms with Crippen LogP contribution in [0.5, 0.6) is 0 Å². The first-order chi connectivity index (χ1) is 8.81. The summed E-state index contributed by atoms with van der Waals surface area (Å²) in [4.78, 5) is 16.7. The van der Waals surface area contributed by atoms with Crippen molar-refractivity contribution in [3.05, 3.63) is 16.6 Å². The summed E-state index contributed by atoms with van der Waals surface area (Å²) in [5.74, 6) is 0.759. The summed E-state index contributed by atoms with van der Waals surface area (Å²) in [6.07, 6.45) is 6.47. The van der Waals surface area contributed by atoms with E-state index in [9.17, 15) is 4.79 Å². The van der Waals surface area contributed by atoms with Gasteiger partial charge in [-0.1, -0.05) is 12.8 Å². The van der Waals surface area contributed by atoms with Crippen LogP contribution in [-0.2, 0) is 11.3 Å². The molecule has 98 valence electrons. The highest BCUT2D eigenvalue weighted by molar-refractivity contribution is 7.09. The molecule has 1 saturated heterocycles. The van der Waals surface area contributed by atoms with Crippen molar-refractivity contribution in [1.29, 1.82) is 0 Å². The number of nitrogens with one attached hydrogen (secondary N) is 2. The lowest BCUT2D eigenvalue weighted by molar-refractivity contribution is -0.134. The van der Waals surface area contributed by atoms with Gasteiger partial charge in [-0.3, -0.25) is 4.79 Å². The molecular formula is C13H19N3OS. The number of rotatable bonds is 3. The Bertz CT molecular complexity index is 420. The molecule has 1 aromatic rings. The first-order valence-corrected chi connectivity index (χ1v) is 7.57. The van der Waals surface area contributed by atoms with Crippen LogP contribution < -0.4 is 10.6 Å². The lowest BCUT2D eigenvalue weighted by Gasteiger charge is -2.37.